The molecule has 0 saturated heterocycles. The fraction of sp³-hybridized carbons (Fsp3) is 0.154. The smallest absolute Gasteiger partial charge is 0.338 e. The summed E-state index contributed by atoms with van der Waals surface area (Å²) in [7, 11) is 1.62. The molecule has 0 bridgehead atoms. The van der Waals surface area contributed by atoms with Gasteiger partial charge in [0.25, 0.3) is 5.91 Å². The van der Waals surface area contributed by atoms with Crippen molar-refractivity contribution in [2.75, 3.05) is 23.9 Å². The van der Waals surface area contributed by atoms with Crippen molar-refractivity contribution in [2.24, 2.45) is 4.99 Å². The monoisotopic (exact) mass is 490 g/mol. The van der Waals surface area contributed by atoms with Crippen molar-refractivity contribution in [1.29, 1.82) is 0 Å². The lowest BCUT2D eigenvalue weighted by molar-refractivity contribution is -0.119. The Balaban J connectivity index is 1.64. The molecule has 35 heavy (non-hydrogen) atoms. The largest absolute Gasteiger partial charge is 0.462 e. The van der Waals surface area contributed by atoms with E-state index in [9.17, 15) is 14.4 Å². The summed E-state index contributed by atoms with van der Waals surface area (Å²) in [6.07, 6.45) is -1.20. The number of anilines is 2. The lowest BCUT2D eigenvalue weighted by Gasteiger charge is -2.21. The Bertz CT molecular complexity index is 1310. The summed E-state index contributed by atoms with van der Waals surface area (Å²) in [5.74, 6) is -0.916. The van der Waals surface area contributed by atoms with Crippen LogP contribution in [0.1, 0.15) is 28.4 Å². The lowest BCUT2D eigenvalue weighted by atomic mass is 10.0. The first kappa shape index (κ1) is 24.0. The summed E-state index contributed by atoms with van der Waals surface area (Å²) in [5.41, 5.74) is 3.25. The predicted molar refractivity (Wildman–Crippen MR) is 135 cm³/mol. The number of amides is 3. The highest BCUT2D eigenvalue weighted by molar-refractivity contribution is 6.32. The molecular weight excluding hydrogens is 468 g/mol. The van der Waals surface area contributed by atoms with E-state index in [-0.39, 0.29) is 6.61 Å². The second kappa shape index (κ2) is 10.4. The van der Waals surface area contributed by atoms with Crippen LogP contribution in [0.4, 0.5) is 16.2 Å². The Hall–Kier alpha value is -4.17. The maximum atomic E-state index is 13.3. The molecule has 3 amide bonds. The van der Waals surface area contributed by atoms with Crippen LogP contribution in [0.25, 0.3) is 0 Å². The van der Waals surface area contributed by atoms with Crippen molar-refractivity contribution < 1.29 is 19.1 Å². The van der Waals surface area contributed by atoms with E-state index < -0.39 is 24.1 Å². The van der Waals surface area contributed by atoms with Crippen molar-refractivity contribution in [2.45, 2.75) is 13.1 Å². The van der Waals surface area contributed by atoms with E-state index >= 15 is 0 Å². The molecule has 0 fully saturated rings. The number of benzodiazepines with no additional fused rings is 1. The number of rotatable bonds is 5. The zero-order chi connectivity index (χ0) is 24.9. The van der Waals surface area contributed by atoms with Crippen molar-refractivity contribution in [3.8, 4) is 0 Å². The third-order valence-electron chi connectivity index (χ3n) is 5.34. The van der Waals surface area contributed by atoms with E-state index in [1.165, 1.54) is 11.0 Å². The average molecular weight is 491 g/mol. The molecule has 1 aliphatic heterocycles. The second-order valence-corrected chi connectivity index (χ2v) is 8.14. The second-order valence-electron chi connectivity index (χ2n) is 7.70. The van der Waals surface area contributed by atoms with Crippen LogP contribution >= 0.6 is 11.6 Å². The number of likely N-dealkylation sites (N-methyl/N-ethyl adjacent to an activating group) is 1. The first-order valence-corrected chi connectivity index (χ1v) is 11.3. The number of benzene rings is 3. The number of nitrogens with one attached hydrogen (secondary N) is 2. The highest BCUT2D eigenvalue weighted by Crippen LogP contribution is 2.30. The quantitative estimate of drug-likeness (QED) is 0.515. The number of hydrogen-bond acceptors (Lipinski definition) is 5. The van der Waals surface area contributed by atoms with Gasteiger partial charge in [0.1, 0.15) is 0 Å². The molecule has 3 aromatic carbocycles. The number of aliphatic imine (C=N–C) groups is 1. The molecule has 0 saturated carbocycles. The normalized spacial score (nSPS) is 14.9. The topological polar surface area (TPSA) is 100 Å². The zero-order valence-corrected chi connectivity index (χ0v) is 19.9. The molecule has 0 aromatic heterocycles. The molecular formula is C26H23ClN4O4. The van der Waals surface area contributed by atoms with Crippen LogP contribution in [0.5, 0.6) is 0 Å². The van der Waals surface area contributed by atoms with Crippen LogP contribution in [0, 0.1) is 0 Å². The molecule has 3 aromatic rings. The minimum absolute atomic E-state index is 0.240. The number of nitrogens with zero attached hydrogens (tertiary/aromatic N) is 2. The summed E-state index contributed by atoms with van der Waals surface area (Å²) in [6, 6.07) is 20.2. The molecule has 0 spiro atoms. The number of urea groups is 1. The van der Waals surface area contributed by atoms with Crippen molar-refractivity contribution in [3.63, 3.8) is 0 Å². The van der Waals surface area contributed by atoms with Gasteiger partial charge in [0.2, 0.25) is 6.17 Å². The Morgan fingerprint density at radius 1 is 1.06 bits per heavy atom. The number of halogens is 1. The Morgan fingerprint density at radius 2 is 1.83 bits per heavy atom. The fourth-order valence-electron chi connectivity index (χ4n) is 3.70. The lowest BCUT2D eigenvalue weighted by Crippen LogP contribution is -2.47. The molecule has 2 N–H and O–H groups in total. The van der Waals surface area contributed by atoms with Gasteiger partial charge in [-0.25, -0.2) is 14.6 Å². The van der Waals surface area contributed by atoms with Gasteiger partial charge in [0.15, 0.2) is 0 Å². The Labute approximate surface area is 207 Å². The summed E-state index contributed by atoms with van der Waals surface area (Å²) >= 11 is 6.26. The van der Waals surface area contributed by atoms with E-state index in [1.807, 2.05) is 30.3 Å². The van der Waals surface area contributed by atoms with Gasteiger partial charge in [0, 0.05) is 28.9 Å². The van der Waals surface area contributed by atoms with Gasteiger partial charge in [0.05, 0.1) is 23.6 Å². The summed E-state index contributed by atoms with van der Waals surface area (Å²) in [5, 5.41) is 5.78. The minimum Gasteiger partial charge on any atom is -0.462 e. The fourth-order valence-corrected chi connectivity index (χ4v) is 3.87. The van der Waals surface area contributed by atoms with Gasteiger partial charge in [-0.1, -0.05) is 48.0 Å². The number of carbonyl (C=O) groups excluding carboxylic acids is 3. The maximum Gasteiger partial charge on any atom is 0.338 e. The minimum atomic E-state index is -1.20. The average Bonchev–Trinajstić information content (AvgIpc) is 2.95. The van der Waals surface area contributed by atoms with E-state index in [4.69, 9.17) is 16.3 Å². The summed E-state index contributed by atoms with van der Waals surface area (Å²) in [4.78, 5) is 44.1. The van der Waals surface area contributed by atoms with Crippen LogP contribution in [0.3, 0.4) is 0 Å². The number of esters is 1. The van der Waals surface area contributed by atoms with E-state index in [0.717, 1.165) is 5.56 Å². The van der Waals surface area contributed by atoms with Crippen LogP contribution in [-0.4, -0.2) is 43.4 Å². The molecule has 0 radical (unpaired) electrons. The molecule has 9 heteroatoms. The van der Waals surface area contributed by atoms with Crippen LogP contribution in [0.2, 0.25) is 5.02 Å². The molecule has 1 heterocycles. The number of fused-ring (bicyclic) bond motifs is 1. The van der Waals surface area contributed by atoms with Crippen molar-refractivity contribution in [3.05, 3.63) is 94.5 Å². The van der Waals surface area contributed by atoms with Gasteiger partial charge in [-0.2, -0.15) is 0 Å². The van der Waals surface area contributed by atoms with Crippen LogP contribution < -0.4 is 15.5 Å². The van der Waals surface area contributed by atoms with E-state index in [2.05, 4.69) is 15.6 Å². The third kappa shape index (κ3) is 5.33. The van der Waals surface area contributed by atoms with Crippen LogP contribution in [0.15, 0.2) is 77.8 Å². The maximum absolute atomic E-state index is 13.3. The van der Waals surface area contributed by atoms with E-state index in [1.54, 1.807) is 50.4 Å². The van der Waals surface area contributed by atoms with Gasteiger partial charge in [-0.05, 0) is 43.3 Å². The third-order valence-corrected chi connectivity index (χ3v) is 5.58. The first-order chi connectivity index (χ1) is 16.9. The molecule has 8 nitrogen and oxygen atoms in total. The molecule has 1 aliphatic rings. The van der Waals surface area contributed by atoms with Crippen molar-refractivity contribution in [1.82, 2.24) is 5.32 Å². The first-order valence-electron chi connectivity index (χ1n) is 10.9. The highest BCUT2D eigenvalue weighted by Gasteiger charge is 2.31. The summed E-state index contributed by atoms with van der Waals surface area (Å²) < 4.78 is 5.00. The van der Waals surface area contributed by atoms with Gasteiger partial charge in [-0.15, -0.1) is 0 Å². The molecule has 4 rings (SSSR count). The standard InChI is InChI=1S/C26H23ClN4O4/c1-3-35-25(33)17-10-7-11-19(14-17)28-26(34)30-23-24(32)31(2)21-13-12-18(27)15-20(21)22(29-23)16-8-5-4-6-9-16/h4-15,23H,3H2,1-2H3,(H2,28,30,34). The molecule has 1 atom stereocenters. The Kier molecular flexibility index (Phi) is 7.12. The molecule has 178 valence electrons. The SMILES string of the molecule is CCOC(=O)c1cccc(NC(=O)NC2N=C(c3ccccc3)c3cc(Cl)ccc3N(C)C2=O)c1. The van der Waals surface area contributed by atoms with Gasteiger partial charge < -0.3 is 20.3 Å². The number of hydrogen-bond donors (Lipinski definition) is 2. The Morgan fingerprint density at radius 3 is 2.57 bits per heavy atom. The van der Waals surface area contributed by atoms with E-state index in [0.29, 0.717) is 33.2 Å². The summed E-state index contributed by atoms with van der Waals surface area (Å²) in [6.45, 7) is 1.95. The van der Waals surface area contributed by atoms with Crippen LogP contribution in [-0.2, 0) is 9.53 Å². The number of ether oxygens (including phenoxy) is 1. The number of carbonyl (C=O) groups is 3. The molecule has 1 unspecified atom stereocenters. The van der Waals surface area contributed by atoms with Crippen molar-refractivity contribution >= 4 is 46.6 Å². The highest BCUT2D eigenvalue weighted by atomic mass is 35.5. The predicted octanol–water partition coefficient (Wildman–Crippen LogP) is 4.48. The van der Waals surface area contributed by atoms with Gasteiger partial charge >= 0.3 is 12.0 Å². The molecule has 0 aliphatic carbocycles. The zero-order valence-electron chi connectivity index (χ0n) is 19.1. The van der Waals surface area contributed by atoms with Gasteiger partial charge in [-0.3, -0.25) is 4.79 Å².